The molecule has 0 aromatic heterocycles. The molecule has 2 heteroatoms. The molecular weight excluding hydrogens is 152 g/mol. The second-order valence-corrected chi connectivity index (χ2v) is 5.00. The summed E-state index contributed by atoms with van der Waals surface area (Å²) in [6.45, 7) is 8.66. The third-order valence-electron chi connectivity index (χ3n) is 3.15. The van der Waals surface area contributed by atoms with Gasteiger partial charge in [-0.2, -0.15) is 0 Å². The number of hydrogen-bond acceptors (Lipinski definition) is 2. The van der Waals surface area contributed by atoms with Gasteiger partial charge in [-0.15, -0.1) is 0 Å². The standard InChI is InChI=1S/C10H18O2/c1-10(2,3)8-6-12-9-7(8)4-5-11-9/h7-9H,4-6H2,1-3H3/t7-,8-,9+/m0/s1. The Balaban J connectivity index is 2.09. The van der Waals surface area contributed by atoms with Gasteiger partial charge in [-0.05, 0) is 17.8 Å². The van der Waals surface area contributed by atoms with Crippen molar-refractivity contribution in [3.05, 3.63) is 0 Å². The van der Waals surface area contributed by atoms with Crippen molar-refractivity contribution in [2.24, 2.45) is 17.3 Å². The first kappa shape index (κ1) is 8.52. The quantitative estimate of drug-likeness (QED) is 0.554. The predicted octanol–water partition coefficient (Wildman–Crippen LogP) is 2.04. The van der Waals surface area contributed by atoms with E-state index in [1.165, 1.54) is 6.42 Å². The van der Waals surface area contributed by atoms with Gasteiger partial charge in [-0.1, -0.05) is 20.8 Å². The largest absolute Gasteiger partial charge is 0.352 e. The lowest BCUT2D eigenvalue weighted by Crippen LogP contribution is -2.27. The molecule has 0 N–H and O–H groups in total. The van der Waals surface area contributed by atoms with Crippen LogP contribution >= 0.6 is 0 Å². The lowest BCUT2D eigenvalue weighted by Gasteiger charge is -2.29. The molecule has 0 spiro atoms. The normalized spacial score (nSPS) is 41.8. The lowest BCUT2D eigenvalue weighted by molar-refractivity contribution is -0.0906. The van der Waals surface area contributed by atoms with Crippen molar-refractivity contribution in [1.82, 2.24) is 0 Å². The van der Waals surface area contributed by atoms with Crippen LogP contribution in [0.5, 0.6) is 0 Å². The molecule has 0 bridgehead atoms. The summed E-state index contributed by atoms with van der Waals surface area (Å²) in [4.78, 5) is 0. The molecule has 12 heavy (non-hydrogen) atoms. The van der Waals surface area contributed by atoms with Crippen LogP contribution in [-0.2, 0) is 9.47 Å². The van der Waals surface area contributed by atoms with Gasteiger partial charge in [0.1, 0.15) is 0 Å². The molecule has 2 heterocycles. The summed E-state index contributed by atoms with van der Waals surface area (Å²) < 4.78 is 11.1. The van der Waals surface area contributed by atoms with Crippen molar-refractivity contribution in [2.75, 3.05) is 13.2 Å². The third kappa shape index (κ3) is 1.27. The highest BCUT2D eigenvalue weighted by Crippen LogP contribution is 2.44. The van der Waals surface area contributed by atoms with E-state index in [0.29, 0.717) is 17.3 Å². The van der Waals surface area contributed by atoms with Gasteiger partial charge in [0.15, 0.2) is 6.29 Å². The van der Waals surface area contributed by atoms with E-state index in [1.54, 1.807) is 0 Å². The summed E-state index contributed by atoms with van der Waals surface area (Å²) in [5.41, 5.74) is 0.368. The Morgan fingerprint density at radius 2 is 1.92 bits per heavy atom. The fourth-order valence-corrected chi connectivity index (χ4v) is 2.36. The SMILES string of the molecule is CC(C)(C)[C@H]1CO[C@H]2OCC[C@H]21. The zero-order valence-electron chi connectivity index (χ0n) is 8.17. The minimum Gasteiger partial charge on any atom is -0.352 e. The van der Waals surface area contributed by atoms with Crippen molar-refractivity contribution in [3.63, 3.8) is 0 Å². The molecule has 0 saturated carbocycles. The molecule has 2 nitrogen and oxygen atoms in total. The van der Waals surface area contributed by atoms with Gasteiger partial charge in [0.25, 0.3) is 0 Å². The summed E-state index contributed by atoms with van der Waals surface area (Å²) in [5.74, 6) is 1.34. The summed E-state index contributed by atoms with van der Waals surface area (Å²) in [7, 11) is 0. The van der Waals surface area contributed by atoms with Crippen molar-refractivity contribution < 1.29 is 9.47 Å². The van der Waals surface area contributed by atoms with E-state index >= 15 is 0 Å². The maximum Gasteiger partial charge on any atom is 0.160 e. The number of rotatable bonds is 0. The van der Waals surface area contributed by atoms with Gasteiger partial charge in [0.2, 0.25) is 0 Å². The van der Waals surface area contributed by atoms with E-state index in [9.17, 15) is 0 Å². The summed E-state index contributed by atoms with van der Waals surface area (Å²) in [6, 6.07) is 0. The molecule has 0 aromatic carbocycles. The Kier molecular flexibility index (Phi) is 1.92. The van der Waals surface area contributed by atoms with Crippen LogP contribution in [0.3, 0.4) is 0 Å². The zero-order valence-corrected chi connectivity index (χ0v) is 8.17. The van der Waals surface area contributed by atoms with Crippen LogP contribution in [0.1, 0.15) is 27.2 Å². The smallest absolute Gasteiger partial charge is 0.160 e. The van der Waals surface area contributed by atoms with Crippen LogP contribution in [0.15, 0.2) is 0 Å². The van der Waals surface area contributed by atoms with Crippen LogP contribution in [0.25, 0.3) is 0 Å². The minimum absolute atomic E-state index is 0.120. The Bertz CT molecular complexity index is 171. The Morgan fingerprint density at radius 1 is 1.17 bits per heavy atom. The zero-order chi connectivity index (χ0) is 8.77. The molecule has 2 rings (SSSR count). The monoisotopic (exact) mass is 170 g/mol. The maximum absolute atomic E-state index is 5.59. The van der Waals surface area contributed by atoms with E-state index in [0.717, 1.165) is 13.2 Å². The number of ether oxygens (including phenoxy) is 2. The molecule has 0 aliphatic carbocycles. The van der Waals surface area contributed by atoms with E-state index in [4.69, 9.17) is 9.47 Å². The first-order valence-corrected chi connectivity index (χ1v) is 4.82. The average molecular weight is 170 g/mol. The fourth-order valence-electron chi connectivity index (χ4n) is 2.36. The maximum atomic E-state index is 5.59. The summed E-state index contributed by atoms with van der Waals surface area (Å²) in [5, 5.41) is 0. The van der Waals surface area contributed by atoms with Crippen LogP contribution < -0.4 is 0 Å². The van der Waals surface area contributed by atoms with E-state index in [-0.39, 0.29) is 6.29 Å². The topological polar surface area (TPSA) is 18.5 Å². The molecule has 2 saturated heterocycles. The molecule has 2 aliphatic rings. The third-order valence-corrected chi connectivity index (χ3v) is 3.15. The summed E-state index contributed by atoms with van der Waals surface area (Å²) in [6.07, 6.45) is 1.31. The highest BCUT2D eigenvalue weighted by Gasteiger charge is 2.46. The Labute approximate surface area is 74.2 Å². The molecule has 70 valence electrons. The fraction of sp³-hybridized carbons (Fsp3) is 1.00. The first-order valence-electron chi connectivity index (χ1n) is 4.82. The second-order valence-electron chi connectivity index (χ2n) is 5.00. The first-order chi connectivity index (χ1) is 5.59. The molecule has 2 fully saturated rings. The highest BCUT2D eigenvalue weighted by molar-refractivity contribution is 4.89. The van der Waals surface area contributed by atoms with E-state index in [1.807, 2.05) is 0 Å². The molecule has 3 atom stereocenters. The van der Waals surface area contributed by atoms with Gasteiger partial charge in [-0.3, -0.25) is 0 Å². The number of hydrogen-bond donors (Lipinski definition) is 0. The van der Waals surface area contributed by atoms with Crippen LogP contribution in [0.4, 0.5) is 0 Å². The lowest BCUT2D eigenvalue weighted by atomic mass is 9.74. The molecule has 2 aliphatic heterocycles. The van der Waals surface area contributed by atoms with Crippen molar-refractivity contribution in [1.29, 1.82) is 0 Å². The van der Waals surface area contributed by atoms with E-state index < -0.39 is 0 Å². The Hall–Kier alpha value is -0.0800. The van der Waals surface area contributed by atoms with Crippen LogP contribution in [-0.4, -0.2) is 19.5 Å². The van der Waals surface area contributed by atoms with Gasteiger partial charge < -0.3 is 9.47 Å². The minimum atomic E-state index is 0.120. The Morgan fingerprint density at radius 3 is 2.58 bits per heavy atom. The highest BCUT2D eigenvalue weighted by atomic mass is 16.7. The van der Waals surface area contributed by atoms with Crippen molar-refractivity contribution >= 4 is 0 Å². The molecule has 0 aromatic rings. The van der Waals surface area contributed by atoms with Gasteiger partial charge in [0.05, 0.1) is 13.2 Å². The molecule has 0 unspecified atom stereocenters. The summed E-state index contributed by atoms with van der Waals surface area (Å²) >= 11 is 0. The van der Waals surface area contributed by atoms with E-state index in [2.05, 4.69) is 20.8 Å². The molecule has 0 amide bonds. The van der Waals surface area contributed by atoms with Crippen molar-refractivity contribution in [2.45, 2.75) is 33.5 Å². The number of fused-ring (bicyclic) bond motifs is 1. The van der Waals surface area contributed by atoms with Crippen LogP contribution in [0.2, 0.25) is 0 Å². The van der Waals surface area contributed by atoms with Gasteiger partial charge in [0, 0.05) is 5.92 Å². The van der Waals surface area contributed by atoms with Gasteiger partial charge in [-0.25, -0.2) is 0 Å². The predicted molar refractivity (Wildman–Crippen MR) is 46.7 cm³/mol. The molecule has 0 radical (unpaired) electrons. The molecular formula is C10H18O2. The van der Waals surface area contributed by atoms with Crippen molar-refractivity contribution in [3.8, 4) is 0 Å². The second kappa shape index (κ2) is 2.71. The van der Waals surface area contributed by atoms with Gasteiger partial charge >= 0.3 is 0 Å². The van der Waals surface area contributed by atoms with Crippen LogP contribution in [0, 0.1) is 17.3 Å². The average Bonchev–Trinajstić information content (AvgIpc) is 2.37.